The molecule has 0 atom stereocenters. The molecule has 0 aromatic carbocycles. The molecule has 0 amide bonds. The zero-order valence-corrected chi connectivity index (χ0v) is 16.4. The minimum atomic E-state index is -2.86. The average Bonchev–Trinajstić information content (AvgIpc) is 3.39. The van der Waals surface area contributed by atoms with Gasteiger partial charge in [0, 0.05) is 49.4 Å². The molecule has 5 heterocycles. The summed E-state index contributed by atoms with van der Waals surface area (Å²) < 4.78 is 24.8. The van der Waals surface area contributed by atoms with Crippen molar-refractivity contribution in [3.63, 3.8) is 0 Å². The van der Waals surface area contributed by atoms with E-state index in [1.54, 1.807) is 23.4 Å². The van der Waals surface area contributed by atoms with Crippen LogP contribution in [0.4, 0.5) is 0 Å². The molecule has 0 bridgehead atoms. The van der Waals surface area contributed by atoms with E-state index in [-0.39, 0.29) is 11.5 Å². The molecule has 1 aliphatic heterocycles. The highest BCUT2D eigenvalue weighted by Gasteiger charge is 2.21. The first kappa shape index (κ1) is 18.0. The number of hydrogen-bond acceptors (Lipinski definition) is 7. The van der Waals surface area contributed by atoms with E-state index in [0.717, 1.165) is 28.0 Å². The van der Waals surface area contributed by atoms with Gasteiger partial charge in [0.05, 0.1) is 29.5 Å². The van der Waals surface area contributed by atoms with Crippen LogP contribution in [0.3, 0.4) is 0 Å². The Morgan fingerprint density at radius 3 is 2.69 bits per heavy atom. The predicted octanol–water partition coefficient (Wildman–Crippen LogP) is 1.44. The number of hydrogen-bond donors (Lipinski definition) is 1. The van der Waals surface area contributed by atoms with Crippen LogP contribution in [0.15, 0.2) is 49.3 Å². The number of sulfone groups is 1. The molecule has 0 spiro atoms. The third-order valence-corrected chi connectivity index (χ3v) is 6.72. The van der Waals surface area contributed by atoms with Gasteiger partial charge in [0.15, 0.2) is 21.3 Å². The van der Waals surface area contributed by atoms with Gasteiger partial charge in [-0.25, -0.2) is 28.1 Å². The average molecular weight is 409 g/mol. The summed E-state index contributed by atoms with van der Waals surface area (Å²) in [7, 11) is -2.86. The van der Waals surface area contributed by atoms with Crippen LogP contribution in [0, 0.1) is 0 Å². The van der Waals surface area contributed by atoms with E-state index in [0.29, 0.717) is 25.3 Å². The van der Waals surface area contributed by atoms with E-state index in [4.69, 9.17) is 0 Å². The molecule has 0 saturated carbocycles. The van der Waals surface area contributed by atoms with Crippen LogP contribution in [0.5, 0.6) is 0 Å². The fraction of sp³-hybridized carbons (Fsp3) is 0.263. The van der Waals surface area contributed by atoms with Crippen LogP contribution in [-0.2, 0) is 16.4 Å². The van der Waals surface area contributed by atoms with Crippen molar-refractivity contribution in [3.05, 3.63) is 54.9 Å². The van der Waals surface area contributed by atoms with Crippen molar-refractivity contribution in [2.75, 3.05) is 24.6 Å². The second-order valence-electron chi connectivity index (χ2n) is 7.09. The number of pyridine rings is 2. The Hall–Kier alpha value is -3.11. The van der Waals surface area contributed by atoms with Crippen LogP contribution in [0.1, 0.15) is 5.56 Å². The molecular formula is C19H19N7O2S. The first-order chi connectivity index (χ1) is 14.1. The molecule has 4 aromatic rings. The molecule has 0 aliphatic carbocycles. The smallest absolute Gasteiger partial charge is 0.178 e. The van der Waals surface area contributed by atoms with Crippen molar-refractivity contribution in [3.8, 4) is 16.9 Å². The highest BCUT2D eigenvalue weighted by Crippen LogP contribution is 2.25. The number of aromatic nitrogens is 6. The molecule has 0 radical (unpaired) electrons. The van der Waals surface area contributed by atoms with E-state index in [1.807, 2.05) is 30.6 Å². The summed E-state index contributed by atoms with van der Waals surface area (Å²) in [6, 6.07) is 5.86. The zero-order valence-electron chi connectivity index (χ0n) is 15.6. The second-order valence-corrected chi connectivity index (χ2v) is 9.39. The van der Waals surface area contributed by atoms with Gasteiger partial charge >= 0.3 is 0 Å². The van der Waals surface area contributed by atoms with Crippen molar-refractivity contribution in [1.29, 1.82) is 0 Å². The third-order valence-electron chi connectivity index (χ3n) is 5.11. The zero-order chi connectivity index (χ0) is 19.8. The van der Waals surface area contributed by atoms with Gasteiger partial charge in [-0.1, -0.05) is 6.07 Å². The van der Waals surface area contributed by atoms with Gasteiger partial charge in [0.1, 0.15) is 0 Å². The van der Waals surface area contributed by atoms with E-state index in [9.17, 15) is 8.42 Å². The number of fused-ring (bicyclic) bond motifs is 1. The van der Waals surface area contributed by atoms with Crippen molar-refractivity contribution in [2.45, 2.75) is 6.54 Å². The Morgan fingerprint density at radius 1 is 1.03 bits per heavy atom. The Balaban J connectivity index is 1.33. The summed E-state index contributed by atoms with van der Waals surface area (Å²) in [5.74, 6) is 1.18. The fourth-order valence-electron chi connectivity index (χ4n) is 3.49. The van der Waals surface area contributed by atoms with Crippen LogP contribution in [-0.4, -0.2) is 67.6 Å². The van der Waals surface area contributed by atoms with Crippen molar-refractivity contribution < 1.29 is 8.42 Å². The fourth-order valence-corrected chi connectivity index (χ4v) is 4.77. The van der Waals surface area contributed by atoms with Gasteiger partial charge in [0.2, 0.25) is 0 Å². The van der Waals surface area contributed by atoms with Gasteiger partial charge < -0.3 is 4.98 Å². The lowest BCUT2D eigenvalue weighted by molar-refractivity contribution is 0.287. The summed E-state index contributed by atoms with van der Waals surface area (Å²) in [5, 5.41) is 4.44. The SMILES string of the molecule is O=S1(=O)CCN(Cc2ccc(-n3cc(-c4ccnc5nc[nH]c45)cn3)nc2)CC1. The van der Waals surface area contributed by atoms with Crippen LogP contribution in [0.2, 0.25) is 0 Å². The van der Waals surface area contributed by atoms with Gasteiger partial charge in [0.25, 0.3) is 0 Å². The number of nitrogens with one attached hydrogen (secondary N) is 1. The molecule has 1 saturated heterocycles. The quantitative estimate of drug-likeness (QED) is 0.543. The summed E-state index contributed by atoms with van der Waals surface area (Å²) in [6.45, 7) is 1.84. The molecule has 148 valence electrons. The lowest BCUT2D eigenvalue weighted by Gasteiger charge is -2.26. The standard InChI is InChI=1S/C19H19N7O2S/c27-29(28)7-5-25(6-8-29)11-14-1-2-17(21-9-14)26-12-15(10-24-26)16-3-4-20-19-18(16)22-13-23-19/h1-4,9-10,12-13H,5-8,11H2,(H,20,22,23). The number of H-pyrrole nitrogens is 1. The normalized spacial score (nSPS) is 17.0. The Bertz CT molecular complexity index is 1250. The summed E-state index contributed by atoms with van der Waals surface area (Å²) in [6.07, 6.45) is 8.89. The second kappa shape index (κ2) is 7.05. The lowest BCUT2D eigenvalue weighted by atomic mass is 10.1. The van der Waals surface area contributed by atoms with Crippen molar-refractivity contribution in [1.82, 2.24) is 34.6 Å². The molecular weight excluding hydrogens is 390 g/mol. The summed E-state index contributed by atoms with van der Waals surface area (Å²) in [5.41, 5.74) is 4.52. The number of nitrogens with zero attached hydrogens (tertiary/aromatic N) is 6. The van der Waals surface area contributed by atoms with Crippen LogP contribution >= 0.6 is 0 Å². The Labute approximate surface area is 167 Å². The summed E-state index contributed by atoms with van der Waals surface area (Å²) >= 11 is 0. The maximum Gasteiger partial charge on any atom is 0.178 e. The first-order valence-corrected chi connectivity index (χ1v) is 11.1. The maximum absolute atomic E-state index is 11.6. The summed E-state index contributed by atoms with van der Waals surface area (Å²) in [4.78, 5) is 18.2. The molecule has 1 aliphatic rings. The monoisotopic (exact) mass is 409 g/mol. The lowest BCUT2D eigenvalue weighted by Crippen LogP contribution is -2.39. The third kappa shape index (κ3) is 3.64. The molecule has 10 heteroatoms. The molecule has 0 unspecified atom stereocenters. The van der Waals surface area contributed by atoms with Crippen molar-refractivity contribution in [2.24, 2.45) is 0 Å². The van der Waals surface area contributed by atoms with E-state index in [1.165, 1.54) is 0 Å². The van der Waals surface area contributed by atoms with Crippen molar-refractivity contribution >= 4 is 21.0 Å². The number of aromatic amines is 1. The highest BCUT2D eigenvalue weighted by molar-refractivity contribution is 7.91. The Kier molecular flexibility index (Phi) is 4.36. The first-order valence-electron chi connectivity index (χ1n) is 9.29. The minimum Gasteiger partial charge on any atom is -0.343 e. The molecule has 1 fully saturated rings. The molecule has 9 nitrogen and oxygen atoms in total. The van der Waals surface area contributed by atoms with Gasteiger partial charge in [-0.05, 0) is 17.7 Å². The van der Waals surface area contributed by atoms with Gasteiger partial charge in [-0.2, -0.15) is 5.10 Å². The molecule has 1 N–H and O–H groups in total. The van der Waals surface area contributed by atoms with E-state index >= 15 is 0 Å². The number of imidazole rings is 1. The van der Waals surface area contributed by atoms with Crippen LogP contribution < -0.4 is 0 Å². The minimum absolute atomic E-state index is 0.229. The van der Waals surface area contributed by atoms with E-state index in [2.05, 4.69) is 29.9 Å². The van der Waals surface area contributed by atoms with E-state index < -0.39 is 9.84 Å². The number of rotatable bonds is 4. The molecule has 5 rings (SSSR count). The Morgan fingerprint density at radius 2 is 1.90 bits per heavy atom. The molecule has 29 heavy (non-hydrogen) atoms. The maximum atomic E-state index is 11.6. The van der Waals surface area contributed by atoms with Gasteiger partial charge in [-0.3, -0.25) is 4.90 Å². The van der Waals surface area contributed by atoms with Crippen LogP contribution in [0.25, 0.3) is 28.1 Å². The molecule has 4 aromatic heterocycles. The van der Waals surface area contributed by atoms with Gasteiger partial charge in [-0.15, -0.1) is 0 Å². The highest BCUT2D eigenvalue weighted by atomic mass is 32.2. The topological polar surface area (TPSA) is 110 Å². The predicted molar refractivity (Wildman–Crippen MR) is 108 cm³/mol. The largest absolute Gasteiger partial charge is 0.343 e.